The normalized spacial score (nSPS) is 18.5. The molecular weight excluding hydrogens is 258 g/mol. The fourth-order valence-electron chi connectivity index (χ4n) is 2.70. The average Bonchev–Trinajstić information content (AvgIpc) is 3.01. The van der Waals surface area contributed by atoms with Gasteiger partial charge >= 0.3 is 5.97 Å². The zero-order valence-electron chi connectivity index (χ0n) is 12.0. The van der Waals surface area contributed by atoms with Crippen molar-refractivity contribution in [3.05, 3.63) is 17.5 Å². The molecule has 2 heterocycles. The maximum atomic E-state index is 12.5. The molecule has 0 spiro atoms. The summed E-state index contributed by atoms with van der Waals surface area (Å²) in [6.07, 6.45) is 1.71. The summed E-state index contributed by atoms with van der Waals surface area (Å²) in [5.74, 6) is -0.464. The molecule has 0 bridgehead atoms. The van der Waals surface area contributed by atoms with E-state index in [1.807, 2.05) is 24.8 Å². The number of rotatable bonds is 5. The monoisotopic (exact) mass is 279 g/mol. The molecule has 1 unspecified atom stereocenters. The molecule has 1 amide bonds. The summed E-state index contributed by atoms with van der Waals surface area (Å²) in [6, 6.07) is 1.82. The van der Waals surface area contributed by atoms with E-state index in [4.69, 9.17) is 5.11 Å². The highest BCUT2D eigenvalue weighted by molar-refractivity contribution is 5.92. The Morgan fingerprint density at radius 1 is 1.50 bits per heavy atom. The predicted molar refractivity (Wildman–Crippen MR) is 73.5 cm³/mol. The van der Waals surface area contributed by atoms with Crippen LogP contribution in [0.15, 0.2) is 6.07 Å². The van der Waals surface area contributed by atoms with Crippen LogP contribution in [-0.4, -0.2) is 44.8 Å². The Labute approximate surface area is 118 Å². The number of nitrogens with zero attached hydrogens (tertiary/aromatic N) is 3. The fraction of sp³-hybridized carbons (Fsp3) is 0.643. The van der Waals surface area contributed by atoms with E-state index >= 15 is 0 Å². The number of hydrogen-bond donors (Lipinski definition) is 1. The van der Waals surface area contributed by atoms with Crippen molar-refractivity contribution in [2.24, 2.45) is 5.92 Å². The SMILES string of the molecule is CCn1nc(C)cc1C(=O)N1CCC(CCC(=O)O)C1. The lowest BCUT2D eigenvalue weighted by Crippen LogP contribution is -2.30. The minimum Gasteiger partial charge on any atom is -0.481 e. The van der Waals surface area contributed by atoms with Crippen LogP contribution < -0.4 is 0 Å². The maximum Gasteiger partial charge on any atom is 0.303 e. The molecule has 20 heavy (non-hydrogen) atoms. The van der Waals surface area contributed by atoms with Gasteiger partial charge in [-0.25, -0.2) is 0 Å². The van der Waals surface area contributed by atoms with Crippen molar-refractivity contribution < 1.29 is 14.7 Å². The topological polar surface area (TPSA) is 75.4 Å². The van der Waals surface area contributed by atoms with E-state index < -0.39 is 5.97 Å². The third-order valence-electron chi connectivity index (χ3n) is 3.76. The molecule has 1 aliphatic rings. The summed E-state index contributed by atoms with van der Waals surface area (Å²) in [7, 11) is 0. The molecule has 1 saturated heterocycles. The second-order valence-corrected chi connectivity index (χ2v) is 5.33. The van der Waals surface area contributed by atoms with E-state index in [0.717, 1.165) is 12.1 Å². The highest BCUT2D eigenvalue weighted by Crippen LogP contribution is 2.23. The molecule has 1 aliphatic heterocycles. The van der Waals surface area contributed by atoms with Gasteiger partial charge in [-0.1, -0.05) is 0 Å². The third-order valence-corrected chi connectivity index (χ3v) is 3.76. The van der Waals surface area contributed by atoms with E-state index in [2.05, 4.69) is 5.10 Å². The van der Waals surface area contributed by atoms with Crippen LogP contribution in [0.1, 0.15) is 42.4 Å². The number of aliphatic carboxylic acids is 1. The smallest absolute Gasteiger partial charge is 0.303 e. The predicted octanol–water partition coefficient (Wildman–Crippen LogP) is 1.54. The van der Waals surface area contributed by atoms with Crippen LogP contribution in [0.25, 0.3) is 0 Å². The van der Waals surface area contributed by atoms with Crippen molar-refractivity contribution in [1.29, 1.82) is 0 Å². The van der Waals surface area contributed by atoms with Gasteiger partial charge in [-0.3, -0.25) is 14.3 Å². The van der Waals surface area contributed by atoms with Gasteiger partial charge in [-0.15, -0.1) is 0 Å². The molecule has 110 valence electrons. The van der Waals surface area contributed by atoms with E-state index in [9.17, 15) is 9.59 Å². The van der Waals surface area contributed by atoms with Crippen LogP contribution in [0.4, 0.5) is 0 Å². The number of carbonyl (C=O) groups is 2. The van der Waals surface area contributed by atoms with Gasteiger partial charge in [0, 0.05) is 26.1 Å². The summed E-state index contributed by atoms with van der Waals surface area (Å²) in [4.78, 5) is 24.9. The quantitative estimate of drug-likeness (QED) is 0.887. The molecule has 6 heteroatoms. The largest absolute Gasteiger partial charge is 0.481 e. The van der Waals surface area contributed by atoms with Gasteiger partial charge in [0.2, 0.25) is 0 Å². The molecule has 1 N–H and O–H groups in total. The molecule has 2 rings (SSSR count). The Morgan fingerprint density at radius 2 is 2.25 bits per heavy atom. The van der Waals surface area contributed by atoms with Gasteiger partial charge in [0.1, 0.15) is 5.69 Å². The van der Waals surface area contributed by atoms with E-state index in [1.54, 1.807) is 4.68 Å². The summed E-state index contributed by atoms with van der Waals surface area (Å²) >= 11 is 0. The molecule has 0 saturated carbocycles. The Bertz CT molecular complexity index is 510. The van der Waals surface area contributed by atoms with Crippen LogP contribution in [0.5, 0.6) is 0 Å². The van der Waals surface area contributed by atoms with Crippen LogP contribution in [0.3, 0.4) is 0 Å². The van der Waals surface area contributed by atoms with Crippen molar-refractivity contribution >= 4 is 11.9 Å². The van der Waals surface area contributed by atoms with E-state index in [1.165, 1.54) is 0 Å². The zero-order chi connectivity index (χ0) is 14.7. The summed E-state index contributed by atoms with van der Waals surface area (Å²) in [6.45, 7) is 5.87. The van der Waals surface area contributed by atoms with E-state index in [-0.39, 0.29) is 12.3 Å². The first-order chi connectivity index (χ1) is 9.51. The van der Waals surface area contributed by atoms with Crippen LogP contribution in [-0.2, 0) is 11.3 Å². The van der Waals surface area contributed by atoms with Crippen LogP contribution in [0.2, 0.25) is 0 Å². The lowest BCUT2D eigenvalue weighted by molar-refractivity contribution is -0.137. The maximum absolute atomic E-state index is 12.5. The van der Waals surface area contributed by atoms with Crippen LogP contribution in [0, 0.1) is 12.8 Å². The van der Waals surface area contributed by atoms with Crippen LogP contribution >= 0.6 is 0 Å². The minimum atomic E-state index is -0.769. The Kier molecular flexibility index (Phi) is 4.42. The van der Waals surface area contributed by atoms with Crippen molar-refractivity contribution in [3.63, 3.8) is 0 Å². The van der Waals surface area contributed by atoms with Crippen molar-refractivity contribution in [1.82, 2.24) is 14.7 Å². The Balaban J connectivity index is 1.98. The van der Waals surface area contributed by atoms with Crippen molar-refractivity contribution in [2.45, 2.75) is 39.7 Å². The third kappa shape index (κ3) is 3.18. The van der Waals surface area contributed by atoms with E-state index in [0.29, 0.717) is 37.7 Å². The zero-order valence-corrected chi connectivity index (χ0v) is 12.0. The number of carboxylic acids is 1. The lowest BCUT2D eigenvalue weighted by Gasteiger charge is -2.16. The summed E-state index contributed by atoms with van der Waals surface area (Å²) in [5.41, 5.74) is 1.47. The number of amides is 1. The van der Waals surface area contributed by atoms with Gasteiger partial charge < -0.3 is 10.0 Å². The van der Waals surface area contributed by atoms with Gasteiger partial charge in [-0.05, 0) is 38.7 Å². The highest BCUT2D eigenvalue weighted by Gasteiger charge is 2.28. The van der Waals surface area contributed by atoms with Crippen molar-refractivity contribution in [2.75, 3.05) is 13.1 Å². The lowest BCUT2D eigenvalue weighted by atomic mass is 10.0. The fourth-order valence-corrected chi connectivity index (χ4v) is 2.70. The molecule has 1 aromatic heterocycles. The van der Waals surface area contributed by atoms with Gasteiger partial charge in [0.15, 0.2) is 0 Å². The molecule has 0 aromatic carbocycles. The second kappa shape index (κ2) is 6.07. The number of aryl methyl sites for hydroxylation is 2. The standard InChI is InChI=1S/C14H21N3O3/c1-3-17-12(8-10(2)15-17)14(20)16-7-6-11(9-16)4-5-13(18)19/h8,11H,3-7,9H2,1-2H3,(H,18,19). The van der Waals surface area contributed by atoms with Crippen molar-refractivity contribution in [3.8, 4) is 0 Å². The average molecular weight is 279 g/mol. The summed E-state index contributed by atoms with van der Waals surface area (Å²) in [5, 5.41) is 13.0. The molecule has 1 aromatic rings. The number of hydrogen-bond acceptors (Lipinski definition) is 3. The molecular formula is C14H21N3O3. The second-order valence-electron chi connectivity index (χ2n) is 5.33. The number of likely N-dealkylation sites (tertiary alicyclic amines) is 1. The first-order valence-electron chi connectivity index (χ1n) is 7.06. The van der Waals surface area contributed by atoms with Gasteiger partial charge in [0.05, 0.1) is 5.69 Å². The molecule has 1 fully saturated rings. The minimum absolute atomic E-state index is 0.00488. The number of carbonyl (C=O) groups excluding carboxylic acids is 1. The summed E-state index contributed by atoms with van der Waals surface area (Å²) < 4.78 is 1.72. The number of aromatic nitrogens is 2. The number of carboxylic acid groups (broad SMARTS) is 1. The first kappa shape index (κ1) is 14.6. The molecule has 1 atom stereocenters. The van der Waals surface area contributed by atoms with Gasteiger partial charge in [-0.2, -0.15) is 5.10 Å². The van der Waals surface area contributed by atoms with Gasteiger partial charge in [0.25, 0.3) is 5.91 Å². The molecule has 0 aliphatic carbocycles. The first-order valence-corrected chi connectivity index (χ1v) is 7.06. The highest BCUT2D eigenvalue weighted by atomic mass is 16.4. The Morgan fingerprint density at radius 3 is 2.90 bits per heavy atom. The molecule has 0 radical (unpaired) electrons. The Hall–Kier alpha value is -1.85. The molecule has 6 nitrogen and oxygen atoms in total.